The van der Waals surface area contributed by atoms with Crippen molar-refractivity contribution in [1.82, 2.24) is 9.55 Å². The van der Waals surface area contributed by atoms with Crippen molar-refractivity contribution >= 4 is 5.95 Å². The normalized spacial score (nSPS) is 10.5. The predicted octanol–water partition coefficient (Wildman–Crippen LogP) is 0.128. The van der Waals surface area contributed by atoms with E-state index in [0.29, 0.717) is 25.8 Å². The Bertz CT molecular complexity index is 237. The zero-order valence-electron chi connectivity index (χ0n) is 7.77. The number of methoxy groups -OCH3 is 1. The summed E-state index contributed by atoms with van der Waals surface area (Å²) in [5, 5.41) is 0. The Labute approximate surface area is 77.5 Å². The Hall–Kier alpha value is -1.07. The molecule has 1 heterocycles. The van der Waals surface area contributed by atoms with Crippen molar-refractivity contribution < 1.29 is 9.47 Å². The summed E-state index contributed by atoms with van der Waals surface area (Å²) in [5.74, 6) is 0.523. The van der Waals surface area contributed by atoms with Crippen molar-refractivity contribution in [1.29, 1.82) is 0 Å². The Kier molecular flexibility index (Phi) is 4.28. The van der Waals surface area contributed by atoms with Gasteiger partial charge in [0.05, 0.1) is 19.8 Å². The monoisotopic (exact) mass is 185 g/mol. The molecule has 0 fully saturated rings. The van der Waals surface area contributed by atoms with Crippen molar-refractivity contribution in [3.8, 4) is 0 Å². The van der Waals surface area contributed by atoms with Gasteiger partial charge in [-0.05, 0) is 0 Å². The molecule has 5 nitrogen and oxygen atoms in total. The van der Waals surface area contributed by atoms with Gasteiger partial charge in [0.25, 0.3) is 0 Å². The average molecular weight is 185 g/mol. The van der Waals surface area contributed by atoms with Gasteiger partial charge in [0, 0.05) is 26.0 Å². The molecule has 0 bridgehead atoms. The first kappa shape index (κ1) is 10.0. The Morgan fingerprint density at radius 1 is 1.46 bits per heavy atom. The Balaban J connectivity index is 2.10. The van der Waals surface area contributed by atoms with Crippen LogP contribution in [0.2, 0.25) is 0 Å². The van der Waals surface area contributed by atoms with Crippen LogP contribution in [0.15, 0.2) is 12.4 Å². The van der Waals surface area contributed by atoms with E-state index in [1.165, 1.54) is 0 Å². The minimum Gasteiger partial charge on any atom is -0.382 e. The maximum Gasteiger partial charge on any atom is 0.200 e. The second-order valence-corrected chi connectivity index (χ2v) is 2.58. The van der Waals surface area contributed by atoms with Gasteiger partial charge in [0.1, 0.15) is 0 Å². The van der Waals surface area contributed by atoms with Gasteiger partial charge < -0.3 is 19.8 Å². The fourth-order valence-corrected chi connectivity index (χ4v) is 0.937. The number of aromatic nitrogens is 2. The smallest absolute Gasteiger partial charge is 0.200 e. The molecule has 0 saturated heterocycles. The molecule has 74 valence electrons. The highest BCUT2D eigenvalue weighted by Gasteiger charge is 1.96. The lowest BCUT2D eigenvalue weighted by Crippen LogP contribution is -2.10. The van der Waals surface area contributed by atoms with Crippen molar-refractivity contribution in [3.63, 3.8) is 0 Å². The Morgan fingerprint density at radius 2 is 2.31 bits per heavy atom. The highest BCUT2D eigenvalue weighted by atomic mass is 16.5. The van der Waals surface area contributed by atoms with Crippen LogP contribution in [0, 0.1) is 0 Å². The van der Waals surface area contributed by atoms with Crippen LogP contribution < -0.4 is 5.73 Å². The number of imidazole rings is 1. The van der Waals surface area contributed by atoms with E-state index in [2.05, 4.69) is 4.98 Å². The zero-order valence-corrected chi connectivity index (χ0v) is 7.77. The third-order valence-corrected chi connectivity index (χ3v) is 1.66. The molecule has 0 radical (unpaired) electrons. The largest absolute Gasteiger partial charge is 0.382 e. The summed E-state index contributed by atoms with van der Waals surface area (Å²) >= 11 is 0. The molecule has 0 aliphatic heterocycles. The van der Waals surface area contributed by atoms with Crippen LogP contribution in [-0.4, -0.2) is 36.5 Å². The molecular weight excluding hydrogens is 170 g/mol. The third kappa shape index (κ3) is 3.43. The molecule has 0 aliphatic carbocycles. The van der Waals surface area contributed by atoms with Crippen LogP contribution in [0.3, 0.4) is 0 Å². The first-order valence-electron chi connectivity index (χ1n) is 4.18. The standard InChI is InChI=1S/C8H15N3O2/c1-12-6-7-13-5-4-11-3-2-10-8(11)9/h2-3H,4-7H2,1H3,(H2,9,10). The lowest BCUT2D eigenvalue weighted by molar-refractivity contribution is 0.0668. The summed E-state index contributed by atoms with van der Waals surface area (Å²) in [4.78, 5) is 3.89. The second kappa shape index (κ2) is 5.55. The molecule has 0 spiro atoms. The lowest BCUT2D eigenvalue weighted by Gasteiger charge is -2.05. The fourth-order valence-electron chi connectivity index (χ4n) is 0.937. The predicted molar refractivity (Wildman–Crippen MR) is 49.3 cm³/mol. The van der Waals surface area contributed by atoms with Crippen molar-refractivity contribution in [3.05, 3.63) is 12.4 Å². The molecule has 5 heteroatoms. The van der Waals surface area contributed by atoms with Gasteiger partial charge >= 0.3 is 0 Å². The molecule has 1 aromatic rings. The Morgan fingerprint density at radius 3 is 2.92 bits per heavy atom. The van der Waals surface area contributed by atoms with E-state index in [4.69, 9.17) is 15.2 Å². The number of hydrogen-bond acceptors (Lipinski definition) is 4. The van der Waals surface area contributed by atoms with E-state index < -0.39 is 0 Å². The number of anilines is 1. The maximum absolute atomic E-state index is 5.55. The van der Waals surface area contributed by atoms with E-state index in [1.54, 1.807) is 13.3 Å². The molecule has 1 rings (SSSR count). The average Bonchev–Trinajstić information content (AvgIpc) is 2.52. The van der Waals surface area contributed by atoms with Gasteiger partial charge in [-0.15, -0.1) is 0 Å². The minimum atomic E-state index is 0.523. The SMILES string of the molecule is COCCOCCn1ccnc1N. The number of rotatable bonds is 6. The van der Waals surface area contributed by atoms with E-state index >= 15 is 0 Å². The van der Waals surface area contributed by atoms with Crippen LogP contribution in [-0.2, 0) is 16.0 Å². The van der Waals surface area contributed by atoms with Crippen molar-refractivity contribution in [2.75, 3.05) is 32.7 Å². The van der Waals surface area contributed by atoms with Crippen LogP contribution in [0.25, 0.3) is 0 Å². The molecular formula is C8H15N3O2. The molecule has 0 atom stereocenters. The molecule has 13 heavy (non-hydrogen) atoms. The number of ether oxygens (including phenoxy) is 2. The molecule has 0 amide bonds. The van der Waals surface area contributed by atoms with Gasteiger partial charge in [0.15, 0.2) is 5.95 Å². The first-order chi connectivity index (χ1) is 6.34. The van der Waals surface area contributed by atoms with Crippen LogP contribution in [0.4, 0.5) is 5.95 Å². The summed E-state index contributed by atoms with van der Waals surface area (Å²) in [7, 11) is 1.65. The summed E-state index contributed by atoms with van der Waals surface area (Å²) in [6, 6.07) is 0. The highest BCUT2D eigenvalue weighted by Crippen LogP contribution is 1.97. The van der Waals surface area contributed by atoms with Gasteiger partial charge in [-0.3, -0.25) is 0 Å². The van der Waals surface area contributed by atoms with Gasteiger partial charge in [-0.1, -0.05) is 0 Å². The molecule has 0 aliphatic rings. The van der Waals surface area contributed by atoms with Gasteiger partial charge in [-0.2, -0.15) is 0 Å². The topological polar surface area (TPSA) is 62.3 Å². The van der Waals surface area contributed by atoms with Crippen LogP contribution in [0.5, 0.6) is 0 Å². The summed E-state index contributed by atoms with van der Waals surface area (Å²) in [6.45, 7) is 2.60. The van der Waals surface area contributed by atoms with E-state index in [1.807, 2.05) is 10.8 Å². The first-order valence-corrected chi connectivity index (χ1v) is 4.18. The molecule has 0 aromatic carbocycles. The third-order valence-electron chi connectivity index (χ3n) is 1.66. The van der Waals surface area contributed by atoms with Gasteiger partial charge in [-0.25, -0.2) is 4.98 Å². The van der Waals surface area contributed by atoms with Crippen molar-refractivity contribution in [2.45, 2.75) is 6.54 Å². The van der Waals surface area contributed by atoms with E-state index in [0.717, 1.165) is 6.54 Å². The summed E-state index contributed by atoms with van der Waals surface area (Å²) in [5.41, 5.74) is 5.55. The number of hydrogen-bond donors (Lipinski definition) is 1. The fraction of sp³-hybridized carbons (Fsp3) is 0.625. The summed E-state index contributed by atoms with van der Waals surface area (Å²) in [6.07, 6.45) is 3.50. The maximum atomic E-state index is 5.55. The van der Waals surface area contributed by atoms with Gasteiger partial charge in [0.2, 0.25) is 0 Å². The number of nitrogens with zero attached hydrogens (tertiary/aromatic N) is 2. The van der Waals surface area contributed by atoms with Crippen LogP contribution in [0.1, 0.15) is 0 Å². The van der Waals surface area contributed by atoms with E-state index in [-0.39, 0.29) is 0 Å². The number of nitrogen functional groups attached to an aromatic ring is 1. The molecule has 2 N–H and O–H groups in total. The molecule has 0 saturated carbocycles. The zero-order chi connectivity index (χ0) is 9.52. The quantitative estimate of drug-likeness (QED) is 0.640. The molecule has 1 aromatic heterocycles. The second-order valence-electron chi connectivity index (χ2n) is 2.58. The van der Waals surface area contributed by atoms with E-state index in [9.17, 15) is 0 Å². The van der Waals surface area contributed by atoms with Crippen molar-refractivity contribution in [2.24, 2.45) is 0 Å². The lowest BCUT2D eigenvalue weighted by atomic mass is 10.6. The molecule has 0 unspecified atom stereocenters. The summed E-state index contributed by atoms with van der Waals surface area (Å²) < 4.78 is 11.9. The number of nitrogens with two attached hydrogens (primary N) is 1. The highest BCUT2D eigenvalue weighted by molar-refractivity contribution is 5.16. The minimum absolute atomic E-state index is 0.523. The van der Waals surface area contributed by atoms with Crippen LogP contribution >= 0.6 is 0 Å².